The predicted octanol–water partition coefficient (Wildman–Crippen LogP) is 9.97. The molecule has 3 heterocycles. The van der Waals surface area contributed by atoms with Gasteiger partial charge in [-0.15, -0.1) is 35.7 Å². The number of hydrogen-bond donors (Lipinski definition) is 0. The first-order chi connectivity index (χ1) is 22.2. The van der Waals surface area contributed by atoms with E-state index in [9.17, 15) is 8.78 Å². The third-order valence-corrected chi connectivity index (χ3v) is 8.22. The number of para-hydroxylation sites is 1. The van der Waals surface area contributed by atoms with Crippen LogP contribution < -0.4 is 4.74 Å². The van der Waals surface area contributed by atoms with Gasteiger partial charge in [0.05, 0.1) is 6.20 Å². The first-order valence-electron chi connectivity index (χ1n) is 15.2. The van der Waals surface area contributed by atoms with Gasteiger partial charge in [-0.25, -0.2) is 13.8 Å². The molecule has 0 radical (unpaired) electrons. The normalized spacial score (nSPS) is 11.6. The Hall–Kier alpha value is -4.61. The van der Waals surface area contributed by atoms with Gasteiger partial charge in [0, 0.05) is 35.0 Å². The number of pyridine rings is 1. The number of fused-ring (bicyclic) bond motifs is 3. The molecule has 0 N–H and O–H groups in total. The van der Waals surface area contributed by atoms with Crippen LogP contribution in [-0.4, -0.2) is 19.3 Å². The van der Waals surface area contributed by atoms with E-state index in [1.807, 2.05) is 55.6 Å². The Labute approximate surface area is 287 Å². The van der Waals surface area contributed by atoms with E-state index in [0.29, 0.717) is 39.4 Å². The molecule has 0 unspecified atom stereocenters. The molecule has 0 bridgehead atoms. The van der Waals surface area contributed by atoms with Gasteiger partial charge in [-0.2, -0.15) is 17.2 Å². The molecule has 0 saturated heterocycles. The third-order valence-electron chi connectivity index (χ3n) is 8.22. The molecule has 238 valence electrons. The molecule has 0 saturated carbocycles. The van der Waals surface area contributed by atoms with Gasteiger partial charge in [-0.3, -0.25) is 4.68 Å². The van der Waals surface area contributed by atoms with Gasteiger partial charge in [-0.05, 0) is 63.9 Å². The largest absolute Gasteiger partial charge is 2.00 e. The summed E-state index contributed by atoms with van der Waals surface area (Å²) < 4.78 is 37.9. The van der Waals surface area contributed by atoms with Gasteiger partial charge in [0.2, 0.25) is 0 Å². The van der Waals surface area contributed by atoms with Gasteiger partial charge >= 0.3 is 21.1 Å². The number of nitrogens with zero attached hydrogens (tertiary/aromatic N) is 4. The maximum atomic E-state index is 13.9. The fourth-order valence-electron chi connectivity index (χ4n) is 6.03. The van der Waals surface area contributed by atoms with Crippen LogP contribution >= 0.6 is 0 Å². The fourth-order valence-corrected chi connectivity index (χ4v) is 6.03. The van der Waals surface area contributed by atoms with Crippen molar-refractivity contribution in [2.24, 2.45) is 0 Å². The van der Waals surface area contributed by atoms with Crippen LogP contribution in [0.5, 0.6) is 11.5 Å². The first-order valence-corrected chi connectivity index (χ1v) is 15.2. The van der Waals surface area contributed by atoms with Crippen LogP contribution in [0, 0.1) is 19.1 Å². The summed E-state index contributed by atoms with van der Waals surface area (Å²) in [6.45, 7) is 7.02. The van der Waals surface area contributed by atoms with Crippen LogP contribution in [0.15, 0.2) is 97.5 Å². The zero-order valence-corrected chi connectivity index (χ0v) is 28.7. The van der Waals surface area contributed by atoms with Crippen molar-refractivity contribution in [2.45, 2.75) is 46.5 Å². The number of halogens is 2. The van der Waals surface area contributed by atoms with E-state index in [0.717, 1.165) is 33.2 Å². The third kappa shape index (κ3) is 6.13. The van der Waals surface area contributed by atoms with E-state index in [4.69, 9.17) is 9.72 Å². The summed E-state index contributed by atoms with van der Waals surface area (Å²) in [4.78, 5) is 4.75. The van der Waals surface area contributed by atoms with E-state index in [1.54, 1.807) is 29.2 Å². The van der Waals surface area contributed by atoms with Gasteiger partial charge < -0.3 is 9.30 Å². The number of hydrogen-bond acceptors (Lipinski definition) is 3. The summed E-state index contributed by atoms with van der Waals surface area (Å²) in [6, 6.07) is 32.2. The van der Waals surface area contributed by atoms with E-state index >= 15 is 0 Å². The molecule has 3 aromatic heterocycles. The maximum Gasteiger partial charge on any atom is 2.00 e. The molecule has 0 aliphatic carbocycles. The number of benzene rings is 4. The molecule has 7 rings (SSSR count). The smallest absolute Gasteiger partial charge is 0.509 e. The Morgan fingerprint density at radius 2 is 1.57 bits per heavy atom. The summed E-state index contributed by atoms with van der Waals surface area (Å²) in [5.41, 5.74) is 6.55. The van der Waals surface area contributed by atoms with E-state index in [2.05, 4.69) is 66.8 Å². The Kier molecular flexibility index (Phi) is 8.86. The molecule has 0 amide bonds. The van der Waals surface area contributed by atoms with Crippen molar-refractivity contribution in [1.29, 1.82) is 0 Å². The van der Waals surface area contributed by atoms with Gasteiger partial charge in [-0.1, -0.05) is 62.2 Å². The zero-order chi connectivity index (χ0) is 32.0. The molecule has 47 heavy (non-hydrogen) atoms. The Morgan fingerprint density at radius 1 is 0.830 bits per heavy atom. The molecule has 0 aliphatic heterocycles. The van der Waals surface area contributed by atoms with Crippen molar-refractivity contribution >= 4 is 21.8 Å². The average Bonchev–Trinajstić information content (AvgIpc) is 3.67. The fraction of sp³-hybridized carbons (Fsp3) is 0.179. The van der Waals surface area contributed by atoms with Crippen LogP contribution in [-0.2, 0) is 39.8 Å². The summed E-state index contributed by atoms with van der Waals surface area (Å²) >= 11 is 0. The summed E-state index contributed by atoms with van der Waals surface area (Å²) in [7, 11) is 0. The number of aromatic nitrogens is 4. The van der Waals surface area contributed by atoms with Crippen LogP contribution in [0.1, 0.15) is 43.0 Å². The van der Waals surface area contributed by atoms with Crippen molar-refractivity contribution in [3.05, 3.63) is 132 Å². The number of rotatable bonds is 7. The second kappa shape index (κ2) is 12.9. The molecule has 0 spiro atoms. The molecule has 0 fully saturated rings. The molecule has 7 aromatic rings. The van der Waals surface area contributed by atoms with Gasteiger partial charge in [0.25, 0.3) is 0 Å². The second-order valence-corrected chi connectivity index (χ2v) is 12.5. The minimum Gasteiger partial charge on any atom is -0.509 e. The monoisotopic (exact) mass is 805 g/mol. The predicted molar refractivity (Wildman–Crippen MR) is 178 cm³/mol. The van der Waals surface area contributed by atoms with Crippen molar-refractivity contribution < 1.29 is 34.6 Å². The molecule has 8 heteroatoms. The number of aryl methyl sites for hydroxylation is 1. The quantitative estimate of drug-likeness (QED) is 0.151. The molecule has 0 aliphatic rings. The summed E-state index contributed by atoms with van der Waals surface area (Å²) in [5.74, 6) is 1.82. The van der Waals surface area contributed by atoms with Gasteiger partial charge in [0.15, 0.2) is 0 Å². The topological polar surface area (TPSA) is 44.9 Å². The Morgan fingerprint density at radius 3 is 2.32 bits per heavy atom. The van der Waals surface area contributed by atoms with Crippen molar-refractivity contribution in [3.8, 4) is 34.1 Å². The van der Waals surface area contributed by atoms with Crippen molar-refractivity contribution in [3.63, 3.8) is 0 Å². The Bertz CT molecular complexity index is 2210. The van der Waals surface area contributed by atoms with Crippen LogP contribution in [0.2, 0.25) is 0 Å². The van der Waals surface area contributed by atoms with Gasteiger partial charge in [0.1, 0.15) is 19.2 Å². The SMILES string of the molecule is Cc1cc(CF)c(-c2cnn(-c3[c-]c(Oc4[c-]c5c(cc4)c4ccccc4n5-c4cc(C(C)(C)C)ccn4)ccc3)c2)c(CF)c1.[Pt+2]. The van der Waals surface area contributed by atoms with Crippen LogP contribution in [0.25, 0.3) is 44.4 Å². The van der Waals surface area contributed by atoms with E-state index in [1.165, 1.54) is 5.56 Å². The molecule has 5 nitrogen and oxygen atoms in total. The van der Waals surface area contributed by atoms with E-state index < -0.39 is 13.3 Å². The number of ether oxygens (including phenoxy) is 1. The Balaban J connectivity index is 0.00000386. The van der Waals surface area contributed by atoms with Crippen LogP contribution in [0.3, 0.4) is 0 Å². The zero-order valence-electron chi connectivity index (χ0n) is 26.4. The maximum absolute atomic E-state index is 13.9. The van der Waals surface area contributed by atoms with E-state index in [-0.39, 0.29) is 26.5 Å². The summed E-state index contributed by atoms with van der Waals surface area (Å²) in [6.07, 6.45) is 5.23. The first kappa shape index (κ1) is 32.3. The minimum atomic E-state index is -0.692. The molecule has 4 aromatic carbocycles. The summed E-state index contributed by atoms with van der Waals surface area (Å²) in [5, 5.41) is 6.63. The molecular formula is C39H32F2N4OPt. The second-order valence-electron chi connectivity index (χ2n) is 12.5. The number of alkyl halides is 2. The average molecular weight is 806 g/mol. The standard InChI is InChI=1S/C39H32F2N4O.Pt/c1-25-16-26(21-40)38(27(17-25)22-41)28-23-43-44(24-28)30-8-7-9-31(19-30)46-32-12-13-34-33-10-5-6-11-35(33)45(36(34)20-32)37-18-29(14-15-42-37)39(2,3)4;/h5-18,23-24H,21-22H2,1-4H3;/q-2;+2. The van der Waals surface area contributed by atoms with Crippen LogP contribution in [0.4, 0.5) is 8.78 Å². The molecule has 0 atom stereocenters. The van der Waals surface area contributed by atoms with Crippen molar-refractivity contribution in [2.75, 3.05) is 0 Å². The molecular weight excluding hydrogens is 774 g/mol. The van der Waals surface area contributed by atoms with Crippen molar-refractivity contribution in [1.82, 2.24) is 19.3 Å². The minimum absolute atomic E-state index is 0.